The molecule has 0 bridgehead atoms. The molecule has 0 aromatic carbocycles. The number of amides is 1. The van der Waals surface area contributed by atoms with Gasteiger partial charge in [-0.2, -0.15) is 0 Å². The molecule has 1 rings (SSSR count). The van der Waals surface area contributed by atoms with E-state index in [1.165, 1.54) is 6.33 Å². The number of anilines is 1. The predicted octanol–water partition coefficient (Wildman–Crippen LogP) is 0.986. The molecule has 0 saturated carbocycles. The zero-order valence-corrected chi connectivity index (χ0v) is 9.43. The molecule has 0 aliphatic rings. The Morgan fingerprint density at radius 1 is 1.53 bits per heavy atom. The third-order valence-electron chi connectivity index (χ3n) is 1.95. The van der Waals surface area contributed by atoms with Crippen molar-refractivity contribution < 1.29 is 4.79 Å². The molecule has 0 spiro atoms. The fourth-order valence-corrected chi connectivity index (χ4v) is 1.16. The fraction of sp³-hybridized carbons (Fsp3) is 0.444. The minimum atomic E-state index is -0.0136. The molecule has 1 amide bonds. The van der Waals surface area contributed by atoms with Gasteiger partial charge in [0, 0.05) is 25.6 Å². The summed E-state index contributed by atoms with van der Waals surface area (Å²) in [6.45, 7) is 2.35. The summed E-state index contributed by atoms with van der Waals surface area (Å²) in [5.41, 5.74) is 0.788. The minimum Gasteiger partial charge on any atom is -0.369 e. The highest BCUT2D eigenvalue weighted by Crippen LogP contribution is 2.17. The zero-order chi connectivity index (χ0) is 11.3. The number of hydrogen-bond acceptors (Lipinski definition) is 4. The van der Waals surface area contributed by atoms with Crippen LogP contribution in [0.2, 0.25) is 5.15 Å². The molecule has 0 aliphatic carbocycles. The van der Waals surface area contributed by atoms with Gasteiger partial charge >= 0.3 is 0 Å². The van der Waals surface area contributed by atoms with E-state index in [1.807, 2.05) is 6.92 Å². The smallest absolute Gasteiger partial charge is 0.221 e. The van der Waals surface area contributed by atoms with Crippen molar-refractivity contribution in [2.75, 3.05) is 18.9 Å². The van der Waals surface area contributed by atoms with Gasteiger partial charge in [-0.05, 0) is 6.92 Å². The van der Waals surface area contributed by atoms with Crippen molar-refractivity contribution in [1.29, 1.82) is 0 Å². The quantitative estimate of drug-likeness (QED) is 0.755. The Balaban J connectivity index is 2.51. The topological polar surface area (TPSA) is 66.9 Å². The molecule has 0 aliphatic heterocycles. The number of nitrogens with one attached hydrogen (secondary N) is 2. The van der Waals surface area contributed by atoms with E-state index in [4.69, 9.17) is 11.6 Å². The van der Waals surface area contributed by atoms with Crippen molar-refractivity contribution in [2.24, 2.45) is 0 Å². The van der Waals surface area contributed by atoms with Crippen molar-refractivity contribution in [3.8, 4) is 0 Å². The molecule has 0 fully saturated rings. The van der Waals surface area contributed by atoms with Crippen LogP contribution in [0.15, 0.2) is 6.33 Å². The summed E-state index contributed by atoms with van der Waals surface area (Å²) in [6.07, 6.45) is 1.79. The lowest BCUT2D eigenvalue weighted by Gasteiger charge is -2.07. The Labute approximate surface area is 93.3 Å². The lowest BCUT2D eigenvalue weighted by atomic mass is 10.3. The highest BCUT2D eigenvalue weighted by molar-refractivity contribution is 6.30. The van der Waals surface area contributed by atoms with E-state index >= 15 is 0 Å². The van der Waals surface area contributed by atoms with Gasteiger partial charge in [0.25, 0.3) is 0 Å². The standard InChI is InChI=1S/C9H13ClN4O/c1-6-8(10)13-5-14-9(6)12-4-3-7(15)11-2/h5H,3-4H2,1-2H3,(H,11,15)(H,12,13,14). The van der Waals surface area contributed by atoms with Crippen molar-refractivity contribution in [2.45, 2.75) is 13.3 Å². The van der Waals surface area contributed by atoms with Crippen LogP contribution in [0.1, 0.15) is 12.0 Å². The van der Waals surface area contributed by atoms with Crippen LogP contribution < -0.4 is 10.6 Å². The summed E-state index contributed by atoms with van der Waals surface area (Å²) in [6, 6.07) is 0. The largest absolute Gasteiger partial charge is 0.369 e. The molecule has 82 valence electrons. The maximum atomic E-state index is 10.9. The predicted molar refractivity (Wildman–Crippen MR) is 59.0 cm³/mol. The van der Waals surface area contributed by atoms with Crippen LogP contribution in [-0.4, -0.2) is 29.5 Å². The summed E-state index contributed by atoms with van der Waals surface area (Å²) in [4.78, 5) is 18.8. The normalized spacial score (nSPS) is 9.80. The van der Waals surface area contributed by atoms with Gasteiger partial charge in [-0.3, -0.25) is 4.79 Å². The minimum absolute atomic E-state index is 0.0136. The van der Waals surface area contributed by atoms with E-state index in [2.05, 4.69) is 20.6 Å². The summed E-state index contributed by atoms with van der Waals surface area (Å²) < 4.78 is 0. The Hall–Kier alpha value is -1.36. The maximum Gasteiger partial charge on any atom is 0.221 e. The van der Waals surface area contributed by atoms with Gasteiger partial charge in [0.2, 0.25) is 5.91 Å². The second kappa shape index (κ2) is 5.50. The van der Waals surface area contributed by atoms with Gasteiger partial charge in [-0.25, -0.2) is 9.97 Å². The number of aromatic nitrogens is 2. The molecule has 1 aromatic heterocycles. The lowest BCUT2D eigenvalue weighted by Crippen LogP contribution is -2.21. The molecule has 2 N–H and O–H groups in total. The summed E-state index contributed by atoms with van der Waals surface area (Å²) >= 11 is 5.81. The van der Waals surface area contributed by atoms with Crippen molar-refractivity contribution >= 4 is 23.3 Å². The third-order valence-corrected chi connectivity index (χ3v) is 2.33. The summed E-state index contributed by atoms with van der Waals surface area (Å²) in [5.74, 6) is 0.652. The Morgan fingerprint density at radius 3 is 2.93 bits per heavy atom. The first kappa shape index (κ1) is 11.7. The molecule has 1 heterocycles. The van der Waals surface area contributed by atoms with Crippen LogP contribution in [0.4, 0.5) is 5.82 Å². The number of rotatable bonds is 4. The Morgan fingerprint density at radius 2 is 2.27 bits per heavy atom. The number of carbonyl (C=O) groups is 1. The third kappa shape index (κ3) is 3.36. The highest BCUT2D eigenvalue weighted by atomic mass is 35.5. The van der Waals surface area contributed by atoms with Crippen LogP contribution in [0.5, 0.6) is 0 Å². The molecule has 0 unspecified atom stereocenters. The maximum absolute atomic E-state index is 10.9. The second-order valence-corrected chi connectivity index (χ2v) is 3.35. The fourth-order valence-electron chi connectivity index (χ4n) is 1.03. The van der Waals surface area contributed by atoms with E-state index in [9.17, 15) is 4.79 Å². The Bertz CT molecular complexity index is 356. The van der Waals surface area contributed by atoms with E-state index in [-0.39, 0.29) is 5.91 Å². The Kier molecular flexibility index (Phi) is 4.30. The molecule has 15 heavy (non-hydrogen) atoms. The van der Waals surface area contributed by atoms with Crippen LogP contribution in [0.3, 0.4) is 0 Å². The SMILES string of the molecule is CNC(=O)CCNc1ncnc(Cl)c1C. The van der Waals surface area contributed by atoms with Crippen LogP contribution in [0.25, 0.3) is 0 Å². The van der Waals surface area contributed by atoms with Crippen LogP contribution >= 0.6 is 11.6 Å². The molecule has 0 saturated heterocycles. The van der Waals surface area contributed by atoms with Crippen molar-refractivity contribution in [1.82, 2.24) is 15.3 Å². The monoisotopic (exact) mass is 228 g/mol. The molecular weight excluding hydrogens is 216 g/mol. The lowest BCUT2D eigenvalue weighted by molar-refractivity contribution is -0.120. The van der Waals surface area contributed by atoms with Gasteiger partial charge in [0.05, 0.1) is 0 Å². The number of halogens is 1. The summed E-state index contributed by atoms with van der Waals surface area (Å²) in [7, 11) is 1.61. The van der Waals surface area contributed by atoms with E-state index in [0.717, 1.165) is 5.56 Å². The summed E-state index contributed by atoms with van der Waals surface area (Å²) in [5, 5.41) is 5.99. The number of nitrogens with zero attached hydrogens (tertiary/aromatic N) is 2. The molecule has 0 atom stereocenters. The van der Waals surface area contributed by atoms with E-state index in [0.29, 0.717) is 23.9 Å². The zero-order valence-electron chi connectivity index (χ0n) is 8.67. The number of hydrogen-bond donors (Lipinski definition) is 2. The van der Waals surface area contributed by atoms with Crippen molar-refractivity contribution in [3.05, 3.63) is 17.0 Å². The average Bonchev–Trinajstić information content (AvgIpc) is 2.24. The van der Waals surface area contributed by atoms with Gasteiger partial charge in [-0.15, -0.1) is 0 Å². The molecule has 5 nitrogen and oxygen atoms in total. The average molecular weight is 229 g/mol. The van der Waals surface area contributed by atoms with Gasteiger partial charge in [0.1, 0.15) is 17.3 Å². The van der Waals surface area contributed by atoms with Gasteiger partial charge < -0.3 is 10.6 Å². The van der Waals surface area contributed by atoms with Gasteiger partial charge in [-0.1, -0.05) is 11.6 Å². The first-order valence-electron chi connectivity index (χ1n) is 4.56. The number of carbonyl (C=O) groups excluding carboxylic acids is 1. The highest BCUT2D eigenvalue weighted by Gasteiger charge is 2.04. The van der Waals surface area contributed by atoms with Gasteiger partial charge in [0.15, 0.2) is 0 Å². The first-order chi connectivity index (χ1) is 7.15. The van der Waals surface area contributed by atoms with E-state index in [1.54, 1.807) is 7.05 Å². The first-order valence-corrected chi connectivity index (χ1v) is 4.94. The van der Waals surface area contributed by atoms with Crippen LogP contribution in [0, 0.1) is 6.92 Å². The second-order valence-electron chi connectivity index (χ2n) is 2.99. The van der Waals surface area contributed by atoms with Crippen LogP contribution in [-0.2, 0) is 4.79 Å². The van der Waals surface area contributed by atoms with E-state index < -0.39 is 0 Å². The molecule has 6 heteroatoms. The molecular formula is C9H13ClN4O. The van der Waals surface area contributed by atoms with Crippen molar-refractivity contribution in [3.63, 3.8) is 0 Å². The molecule has 0 radical (unpaired) electrons. The molecule has 1 aromatic rings.